The molecule has 0 amide bonds. The zero-order valence-electron chi connectivity index (χ0n) is 10.9. The molecule has 1 unspecified atom stereocenters. The van der Waals surface area contributed by atoms with Crippen molar-refractivity contribution in [2.75, 3.05) is 12.4 Å². The SMILES string of the molecule is COc1cc(F)ccc1NC(C)c1ccc(O)cc1. The molecule has 2 N–H and O–H groups in total. The van der Waals surface area contributed by atoms with Gasteiger partial charge in [-0.05, 0) is 36.8 Å². The van der Waals surface area contributed by atoms with Gasteiger partial charge in [0.2, 0.25) is 0 Å². The fourth-order valence-corrected chi connectivity index (χ4v) is 1.86. The number of hydrogen-bond donors (Lipinski definition) is 2. The summed E-state index contributed by atoms with van der Waals surface area (Å²) in [6.45, 7) is 1.98. The molecule has 0 aliphatic heterocycles. The van der Waals surface area contributed by atoms with Crippen LogP contribution in [0.3, 0.4) is 0 Å². The van der Waals surface area contributed by atoms with Crippen molar-refractivity contribution in [1.29, 1.82) is 0 Å². The van der Waals surface area contributed by atoms with Crippen LogP contribution in [0, 0.1) is 5.82 Å². The number of methoxy groups -OCH3 is 1. The zero-order valence-corrected chi connectivity index (χ0v) is 10.9. The molecular formula is C15H16FNO2. The summed E-state index contributed by atoms with van der Waals surface area (Å²) < 4.78 is 18.2. The fourth-order valence-electron chi connectivity index (χ4n) is 1.86. The highest BCUT2D eigenvalue weighted by Gasteiger charge is 2.09. The van der Waals surface area contributed by atoms with Gasteiger partial charge < -0.3 is 15.2 Å². The van der Waals surface area contributed by atoms with Gasteiger partial charge in [0.25, 0.3) is 0 Å². The number of anilines is 1. The molecule has 2 rings (SSSR count). The standard InChI is InChI=1S/C15H16FNO2/c1-10(11-3-6-13(18)7-4-11)17-14-8-5-12(16)9-15(14)19-2/h3-10,17-18H,1-2H3. The Hall–Kier alpha value is -2.23. The molecule has 0 radical (unpaired) electrons. The van der Waals surface area contributed by atoms with Gasteiger partial charge in [-0.1, -0.05) is 12.1 Å². The van der Waals surface area contributed by atoms with Crippen LogP contribution in [0.2, 0.25) is 0 Å². The Bertz CT molecular complexity index is 555. The van der Waals surface area contributed by atoms with Crippen molar-refractivity contribution in [2.24, 2.45) is 0 Å². The Morgan fingerprint density at radius 3 is 2.47 bits per heavy atom. The van der Waals surface area contributed by atoms with Crippen molar-refractivity contribution >= 4 is 5.69 Å². The summed E-state index contributed by atoms with van der Waals surface area (Å²) in [5.41, 5.74) is 1.74. The van der Waals surface area contributed by atoms with Crippen LogP contribution in [0.4, 0.5) is 10.1 Å². The van der Waals surface area contributed by atoms with Crippen molar-refractivity contribution in [1.82, 2.24) is 0 Å². The number of aromatic hydroxyl groups is 1. The first-order chi connectivity index (χ1) is 9.10. The fraction of sp³-hybridized carbons (Fsp3) is 0.200. The van der Waals surface area contributed by atoms with Crippen molar-refractivity contribution < 1.29 is 14.2 Å². The summed E-state index contributed by atoms with van der Waals surface area (Å²) in [7, 11) is 1.51. The van der Waals surface area contributed by atoms with Crippen LogP contribution < -0.4 is 10.1 Å². The highest BCUT2D eigenvalue weighted by atomic mass is 19.1. The Kier molecular flexibility index (Phi) is 3.90. The molecule has 0 heterocycles. The molecule has 3 nitrogen and oxygen atoms in total. The van der Waals surface area contributed by atoms with E-state index >= 15 is 0 Å². The van der Waals surface area contributed by atoms with E-state index < -0.39 is 0 Å². The third kappa shape index (κ3) is 3.16. The summed E-state index contributed by atoms with van der Waals surface area (Å²) in [6.07, 6.45) is 0. The molecule has 0 bridgehead atoms. The quantitative estimate of drug-likeness (QED) is 0.881. The smallest absolute Gasteiger partial charge is 0.144 e. The van der Waals surface area contributed by atoms with Gasteiger partial charge >= 0.3 is 0 Å². The molecule has 0 fully saturated rings. The van der Waals surface area contributed by atoms with E-state index in [2.05, 4.69) is 5.32 Å². The first-order valence-corrected chi connectivity index (χ1v) is 5.99. The number of rotatable bonds is 4. The van der Waals surface area contributed by atoms with Gasteiger partial charge in [-0.3, -0.25) is 0 Å². The second-order valence-electron chi connectivity index (χ2n) is 4.30. The van der Waals surface area contributed by atoms with Crippen molar-refractivity contribution in [3.8, 4) is 11.5 Å². The first-order valence-electron chi connectivity index (χ1n) is 5.99. The van der Waals surface area contributed by atoms with Crippen LogP contribution in [-0.4, -0.2) is 12.2 Å². The summed E-state index contributed by atoms with van der Waals surface area (Å²) in [5.74, 6) is 0.362. The molecule has 19 heavy (non-hydrogen) atoms. The van der Waals surface area contributed by atoms with Gasteiger partial charge in [0.05, 0.1) is 12.8 Å². The number of ether oxygens (including phenoxy) is 1. The molecule has 0 aromatic heterocycles. The van der Waals surface area contributed by atoms with Crippen molar-refractivity contribution in [3.63, 3.8) is 0 Å². The molecule has 100 valence electrons. The minimum absolute atomic E-state index is 0.0139. The highest BCUT2D eigenvalue weighted by Crippen LogP contribution is 2.29. The van der Waals surface area contributed by atoms with Crippen molar-refractivity contribution in [2.45, 2.75) is 13.0 Å². The average Bonchev–Trinajstić information content (AvgIpc) is 2.41. The third-order valence-electron chi connectivity index (χ3n) is 2.93. The molecule has 2 aromatic rings. The van der Waals surface area contributed by atoms with E-state index in [0.717, 1.165) is 11.3 Å². The number of halogens is 1. The van der Waals surface area contributed by atoms with E-state index in [-0.39, 0.29) is 17.6 Å². The predicted octanol–water partition coefficient (Wildman–Crippen LogP) is 3.71. The monoisotopic (exact) mass is 261 g/mol. The van der Waals surface area contributed by atoms with Crippen LogP contribution in [0.1, 0.15) is 18.5 Å². The van der Waals surface area contributed by atoms with Crippen molar-refractivity contribution in [3.05, 3.63) is 53.8 Å². The second-order valence-corrected chi connectivity index (χ2v) is 4.30. The van der Waals surface area contributed by atoms with Crippen LogP contribution in [0.25, 0.3) is 0 Å². The number of hydrogen-bond acceptors (Lipinski definition) is 3. The van der Waals surface area contributed by atoms with Gasteiger partial charge in [0.15, 0.2) is 0 Å². The van der Waals surface area contributed by atoms with E-state index in [1.54, 1.807) is 18.2 Å². The summed E-state index contributed by atoms with van der Waals surface area (Å²) in [4.78, 5) is 0. The van der Waals surface area contributed by atoms with Crippen LogP contribution in [0.15, 0.2) is 42.5 Å². The summed E-state index contributed by atoms with van der Waals surface area (Å²) >= 11 is 0. The molecule has 1 atom stereocenters. The molecule has 0 saturated heterocycles. The molecule has 0 aliphatic carbocycles. The highest BCUT2D eigenvalue weighted by molar-refractivity contribution is 5.57. The lowest BCUT2D eigenvalue weighted by molar-refractivity contribution is 0.412. The second kappa shape index (κ2) is 5.61. The Morgan fingerprint density at radius 2 is 1.84 bits per heavy atom. The predicted molar refractivity (Wildman–Crippen MR) is 73.1 cm³/mol. The minimum atomic E-state index is -0.334. The number of benzene rings is 2. The molecule has 4 heteroatoms. The molecule has 0 aliphatic rings. The van der Waals surface area contributed by atoms with Gasteiger partial charge in [-0.2, -0.15) is 0 Å². The van der Waals surface area contributed by atoms with E-state index in [1.165, 1.54) is 19.2 Å². The maximum atomic E-state index is 13.1. The Morgan fingerprint density at radius 1 is 1.16 bits per heavy atom. The molecule has 2 aromatic carbocycles. The maximum Gasteiger partial charge on any atom is 0.144 e. The largest absolute Gasteiger partial charge is 0.508 e. The number of nitrogens with one attached hydrogen (secondary N) is 1. The normalized spacial score (nSPS) is 11.9. The van der Waals surface area contributed by atoms with E-state index in [1.807, 2.05) is 19.1 Å². The zero-order chi connectivity index (χ0) is 13.8. The summed E-state index contributed by atoms with van der Waals surface area (Å²) in [6, 6.07) is 11.3. The third-order valence-corrected chi connectivity index (χ3v) is 2.93. The number of phenolic OH excluding ortho intramolecular Hbond substituents is 1. The molecular weight excluding hydrogens is 245 g/mol. The lowest BCUT2D eigenvalue weighted by Crippen LogP contribution is -2.07. The van der Waals surface area contributed by atoms with Gasteiger partial charge in [-0.15, -0.1) is 0 Å². The maximum absolute atomic E-state index is 13.1. The van der Waals surface area contributed by atoms with E-state index in [9.17, 15) is 9.50 Å². The Labute approximate surface area is 111 Å². The lowest BCUT2D eigenvalue weighted by Gasteiger charge is -2.18. The average molecular weight is 261 g/mol. The molecule has 0 saturated carbocycles. The van der Waals surface area contributed by atoms with Gasteiger partial charge in [-0.25, -0.2) is 4.39 Å². The summed E-state index contributed by atoms with van der Waals surface area (Å²) in [5, 5.41) is 12.5. The van der Waals surface area contributed by atoms with E-state index in [0.29, 0.717) is 5.75 Å². The first kappa shape index (κ1) is 13.2. The minimum Gasteiger partial charge on any atom is -0.508 e. The van der Waals surface area contributed by atoms with Crippen LogP contribution in [0.5, 0.6) is 11.5 Å². The lowest BCUT2D eigenvalue weighted by atomic mass is 10.1. The van der Waals surface area contributed by atoms with Gasteiger partial charge in [0.1, 0.15) is 17.3 Å². The van der Waals surface area contributed by atoms with Crippen LogP contribution >= 0.6 is 0 Å². The Balaban J connectivity index is 2.18. The van der Waals surface area contributed by atoms with E-state index in [4.69, 9.17) is 4.74 Å². The van der Waals surface area contributed by atoms with Crippen LogP contribution in [-0.2, 0) is 0 Å². The topological polar surface area (TPSA) is 41.5 Å². The van der Waals surface area contributed by atoms with Gasteiger partial charge in [0, 0.05) is 12.1 Å². The number of phenols is 1. The molecule has 0 spiro atoms.